The predicted octanol–water partition coefficient (Wildman–Crippen LogP) is -0.184. The average molecular weight is 252 g/mol. The number of nitriles is 1. The molecule has 0 amide bonds. The number of aromatic nitrogens is 4. The van der Waals surface area contributed by atoms with Gasteiger partial charge in [-0.25, -0.2) is 8.42 Å². The molecule has 17 heavy (non-hydrogen) atoms. The maximum absolute atomic E-state index is 11.9. The summed E-state index contributed by atoms with van der Waals surface area (Å²) in [6, 6.07) is 1.81. The van der Waals surface area contributed by atoms with Crippen LogP contribution in [0.5, 0.6) is 0 Å². The monoisotopic (exact) mass is 252 g/mol. The topological polar surface area (TPSA) is 116 Å². The number of rotatable bonds is 3. The molecule has 0 aliphatic heterocycles. The average Bonchev–Trinajstić information content (AvgIpc) is 2.86. The summed E-state index contributed by atoms with van der Waals surface area (Å²) in [6.45, 7) is 0. The first-order valence-electron chi connectivity index (χ1n) is 4.48. The van der Waals surface area contributed by atoms with Gasteiger partial charge in [-0.2, -0.15) is 15.5 Å². The molecule has 0 spiro atoms. The molecule has 0 fully saturated rings. The standard InChI is InChI=1S/C8H8N6O2S/c1-14-5-7(4-11-14)17(15,16)13-8-6(2-9)3-10-12-8/h3-5H,1H3,(H2,10,12,13). The molecule has 0 unspecified atom stereocenters. The van der Waals surface area contributed by atoms with Crippen LogP contribution in [0, 0.1) is 11.3 Å². The minimum absolute atomic E-state index is 0.0125. The molecule has 0 radical (unpaired) electrons. The molecular formula is C8H8N6O2S. The van der Waals surface area contributed by atoms with Crippen LogP contribution < -0.4 is 4.72 Å². The summed E-state index contributed by atoms with van der Waals surface area (Å²) in [4.78, 5) is 0.0125. The smallest absolute Gasteiger partial charge is 0.266 e. The Kier molecular flexibility index (Phi) is 2.57. The Morgan fingerprint density at radius 3 is 2.88 bits per heavy atom. The van der Waals surface area contributed by atoms with Crippen LogP contribution in [0.3, 0.4) is 0 Å². The third-order valence-corrected chi connectivity index (χ3v) is 3.29. The Bertz CT molecular complexity index is 677. The van der Waals surface area contributed by atoms with Crippen LogP contribution in [-0.2, 0) is 17.1 Å². The number of hydrogen-bond acceptors (Lipinski definition) is 5. The van der Waals surface area contributed by atoms with Crippen molar-refractivity contribution < 1.29 is 8.42 Å². The van der Waals surface area contributed by atoms with E-state index in [0.29, 0.717) is 0 Å². The second-order valence-corrected chi connectivity index (χ2v) is 4.91. The molecule has 8 nitrogen and oxygen atoms in total. The highest BCUT2D eigenvalue weighted by Gasteiger charge is 2.18. The van der Waals surface area contributed by atoms with Gasteiger partial charge >= 0.3 is 0 Å². The fourth-order valence-corrected chi connectivity index (χ4v) is 2.20. The van der Waals surface area contributed by atoms with E-state index in [-0.39, 0.29) is 16.3 Å². The fourth-order valence-electron chi connectivity index (χ4n) is 1.18. The summed E-state index contributed by atoms with van der Waals surface area (Å²) >= 11 is 0. The van der Waals surface area contributed by atoms with Crippen molar-refractivity contribution in [2.45, 2.75) is 4.90 Å². The van der Waals surface area contributed by atoms with Gasteiger partial charge in [0.15, 0.2) is 5.82 Å². The molecule has 2 N–H and O–H groups in total. The van der Waals surface area contributed by atoms with Crippen LogP contribution >= 0.6 is 0 Å². The third-order valence-electron chi connectivity index (χ3n) is 1.99. The molecule has 2 rings (SSSR count). The van der Waals surface area contributed by atoms with Gasteiger partial charge in [0.05, 0.1) is 12.4 Å². The number of H-pyrrole nitrogens is 1. The Morgan fingerprint density at radius 2 is 2.29 bits per heavy atom. The van der Waals surface area contributed by atoms with Gasteiger partial charge in [0, 0.05) is 13.2 Å². The van der Waals surface area contributed by atoms with Crippen molar-refractivity contribution >= 4 is 15.8 Å². The van der Waals surface area contributed by atoms with E-state index in [1.165, 1.54) is 23.3 Å². The first-order chi connectivity index (χ1) is 8.03. The summed E-state index contributed by atoms with van der Waals surface area (Å²) in [5.74, 6) is 0.0383. The van der Waals surface area contributed by atoms with Crippen LogP contribution in [0.4, 0.5) is 5.82 Å². The van der Waals surface area contributed by atoms with Crippen molar-refractivity contribution in [3.05, 3.63) is 24.2 Å². The van der Waals surface area contributed by atoms with Crippen molar-refractivity contribution in [3.63, 3.8) is 0 Å². The second-order valence-electron chi connectivity index (χ2n) is 3.23. The number of hydrogen-bond donors (Lipinski definition) is 2. The molecule has 88 valence electrons. The Hall–Kier alpha value is -2.34. The maximum atomic E-state index is 11.9. The normalized spacial score (nSPS) is 11.1. The summed E-state index contributed by atoms with van der Waals surface area (Å²) in [6.07, 6.45) is 3.80. The van der Waals surface area contributed by atoms with E-state index in [9.17, 15) is 8.42 Å². The minimum Gasteiger partial charge on any atom is -0.274 e. The van der Waals surface area contributed by atoms with Gasteiger partial charge in [0.2, 0.25) is 0 Å². The molecule has 0 saturated carbocycles. The summed E-state index contributed by atoms with van der Waals surface area (Å²) in [7, 11) is -2.14. The number of nitrogens with one attached hydrogen (secondary N) is 2. The van der Waals surface area contributed by atoms with Crippen molar-refractivity contribution in [2.24, 2.45) is 7.05 Å². The Labute approximate surface area is 96.9 Å². The molecular weight excluding hydrogens is 244 g/mol. The summed E-state index contributed by atoms with van der Waals surface area (Å²) < 4.78 is 27.3. The minimum atomic E-state index is -3.75. The number of nitrogens with zero attached hydrogens (tertiary/aromatic N) is 4. The van der Waals surface area contributed by atoms with E-state index < -0.39 is 10.0 Å². The zero-order valence-electron chi connectivity index (χ0n) is 8.75. The van der Waals surface area contributed by atoms with Gasteiger partial charge in [-0.3, -0.25) is 14.5 Å². The lowest BCUT2D eigenvalue weighted by molar-refractivity contribution is 0.601. The summed E-state index contributed by atoms with van der Waals surface area (Å²) in [5, 5.41) is 18.5. The lowest BCUT2D eigenvalue weighted by Gasteiger charge is -2.02. The lowest BCUT2D eigenvalue weighted by atomic mass is 10.4. The Morgan fingerprint density at radius 1 is 1.53 bits per heavy atom. The molecule has 0 saturated heterocycles. The number of aryl methyl sites for hydroxylation is 1. The van der Waals surface area contributed by atoms with Crippen LogP contribution in [0.25, 0.3) is 0 Å². The molecule has 2 heterocycles. The molecule has 0 atom stereocenters. The van der Waals surface area contributed by atoms with E-state index in [0.717, 1.165) is 0 Å². The molecule has 2 aromatic heterocycles. The van der Waals surface area contributed by atoms with Gasteiger partial charge in [0.1, 0.15) is 16.5 Å². The van der Waals surface area contributed by atoms with Gasteiger partial charge in [-0.1, -0.05) is 0 Å². The third kappa shape index (κ3) is 2.11. The fraction of sp³-hybridized carbons (Fsp3) is 0.125. The number of anilines is 1. The van der Waals surface area contributed by atoms with Crippen molar-refractivity contribution in [3.8, 4) is 6.07 Å². The quantitative estimate of drug-likeness (QED) is 0.785. The zero-order valence-corrected chi connectivity index (χ0v) is 9.56. The first-order valence-corrected chi connectivity index (χ1v) is 5.96. The molecule has 9 heteroatoms. The van der Waals surface area contributed by atoms with Gasteiger partial charge in [0.25, 0.3) is 10.0 Å². The van der Waals surface area contributed by atoms with Crippen LogP contribution in [0.2, 0.25) is 0 Å². The van der Waals surface area contributed by atoms with Gasteiger partial charge in [-0.15, -0.1) is 0 Å². The van der Waals surface area contributed by atoms with Crippen molar-refractivity contribution in [1.82, 2.24) is 20.0 Å². The SMILES string of the molecule is Cn1cc(S(=O)(=O)Nc2[nH]ncc2C#N)cn1. The Balaban J connectivity index is 2.34. The van der Waals surface area contributed by atoms with E-state index in [1.54, 1.807) is 7.05 Å². The predicted molar refractivity (Wildman–Crippen MR) is 57.3 cm³/mol. The first kappa shape index (κ1) is 11.2. The van der Waals surface area contributed by atoms with E-state index in [2.05, 4.69) is 20.0 Å². The molecule has 2 aromatic rings. The highest BCUT2D eigenvalue weighted by Crippen LogP contribution is 2.15. The second kappa shape index (κ2) is 3.91. The van der Waals surface area contributed by atoms with E-state index in [1.807, 2.05) is 6.07 Å². The molecule has 0 aliphatic carbocycles. The number of aromatic amines is 1. The van der Waals surface area contributed by atoms with E-state index in [4.69, 9.17) is 5.26 Å². The highest BCUT2D eigenvalue weighted by atomic mass is 32.2. The number of sulfonamides is 1. The largest absolute Gasteiger partial charge is 0.274 e. The van der Waals surface area contributed by atoms with Crippen molar-refractivity contribution in [1.29, 1.82) is 5.26 Å². The molecule has 0 aromatic carbocycles. The van der Waals surface area contributed by atoms with Gasteiger partial charge < -0.3 is 0 Å². The zero-order chi connectivity index (χ0) is 12.5. The van der Waals surface area contributed by atoms with E-state index >= 15 is 0 Å². The van der Waals surface area contributed by atoms with Gasteiger partial charge in [-0.05, 0) is 0 Å². The maximum Gasteiger partial charge on any atom is 0.266 e. The van der Waals surface area contributed by atoms with Crippen LogP contribution in [0.1, 0.15) is 5.56 Å². The highest BCUT2D eigenvalue weighted by molar-refractivity contribution is 7.92. The van der Waals surface area contributed by atoms with Crippen LogP contribution in [-0.4, -0.2) is 28.4 Å². The molecule has 0 aliphatic rings. The summed E-state index contributed by atoms with van der Waals surface area (Å²) in [5.41, 5.74) is 0.123. The van der Waals surface area contributed by atoms with Crippen LogP contribution in [0.15, 0.2) is 23.5 Å². The lowest BCUT2D eigenvalue weighted by Crippen LogP contribution is -2.13. The molecule has 0 bridgehead atoms. The van der Waals surface area contributed by atoms with Crippen molar-refractivity contribution in [2.75, 3.05) is 4.72 Å².